The molecule has 0 unspecified atom stereocenters. The van der Waals surface area contributed by atoms with Gasteiger partial charge in [0.25, 0.3) is 5.56 Å². The third-order valence-electron chi connectivity index (χ3n) is 4.54. The minimum Gasteiger partial charge on any atom is -0.497 e. The lowest BCUT2D eigenvalue weighted by atomic mass is 9.91. The van der Waals surface area contributed by atoms with Gasteiger partial charge in [-0.2, -0.15) is 5.26 Å². The van der Waals surface area contributed by atoms with Gasteiger partial charge in [0.1, 0.15) is 17.5 Å². The largest absolute Gasteiger partial charge is 0.497 e. The van der Waals surface area contributed by atoms with E-state index >= 15 is 0 Å². The van der Waals surface area contributed by atoms with Gasteiger partial charge < -0.3 is 14.4 Å². The molecule has 1 N–H and O–H groups in total. The van der Waals surface area contributed by atoms with Gasteiger partial charge in [0.2, 0.25) is 0 Å². The summed E-state index contributed by atoms with van der Waals surface area (Å²) in [4.78, 5) is 24.1. The number of aromatic nitrogens is 1. The van der Waals surface area contributed by atoms with E-state index in [0.717, 1.165) is 0 Å². The van der Waals surface area contributed by atoms with E-state index in [0.29, 0.717) is 33.2 Å². The van der Waals surface area contributed by atoms with Crippen LogP contribution < -0.4 is 10.3 Å². The molecule has 0 atom stereocenters. The number of hydrogen-bond donors (Lipinski definition) is 1. The number of methoxy groups -OCH3 is 1. The maximum Gasteiger partial charge on any atom is 0.335 e. The average molecular weight is 348 g/mol. The minimum absolute atomic E-state index is 0.149. The van der Waals surface area contributed by atoms with Crippen molar-refractivity contribution < 1.29 is 14.6 Å². The maximum atomic E-state index is 12.6. The number of pyridine rings is 1. The number of fused-ring (bicyclic) bond motifs is 1. The van der Waals surface area contributed by atoms with Gasteiger partial charge in [0.15, 0.2) is 0 Å². The Morgan fingerprint density at radius 2 is 1.96 bits per heavy atom. The van der Waals surface area contributed by atoms with Gasteiger partial charge in [-0.25, -0.2) is 4.79 Å². The van der Waals surface area contributed by atoms with Crippen LogP contribution in [-0.2, 0) is 7.05 Å². The van der Waals surface area contributed by atoms with E-state index in [2.05, 4.69) is 6.07 Å². The number of aromatic carboxylic acids is 1. The molecule has 0 aliphatic carbocycles. The van der Waals surface area contributed by atoms with Gasteiger partial charge in [-0.3, -0.25) is 4.79 Å². The molecule has 0 spiro atoms. The molecular weight excluding hydrogens is 332 g/mol. The fourth-order valence-electron chi connectivity index (χ4n) is 3.16. The van der Waals surface area contributed by atoms with Gasteiger partial charge in [0.05, 0.1) is 12.7 Å². The van der Waals surface area contributed by atoms with Gasteiger partial charge in [0, 0.05) is 23.4 Å². The maximum absolute atomic E-state index is 12.6. The van der Waals surface area contributed by atoms with E-state index in [1.807, 2.05) is 0 Å². The van der Waals surface area contributed by atoms with E-state index in [9.17, 15) is 20.0 Å². The summed E-state index contributed by atoms with van der Waals surface area (Å²) in [6.45, 7) is 1.69. The summed E-state index contributed by atoms with van der Waals surface area (Å²) in [5, 5.41) is 20.1. The Balaban J connectivity index is 2.56. The molecule has 0 saturated carbocycles. The monoisotopic (exact) mass is 348 g/mol. The second-order valence-electron chi connectivity index (χ2n) is 5.89. The number of nitriles is 1. The molecule has 26 heavy (non-hydrogen) atoms. The summed E-state index contributed by atoms with van der Waals surface area (Å²) in [6.07, 6.45) is 0. The molecule has 3 rings (SSSR count). The van der Waals surface area contributed by atoms with Gasteiger partial charge >= 0.3 is 5.97 Å². The summed E-state index contributed by atoms with van der Waals surface area (Å²) in [5.74, 6) is -0.502. The van der Waals surface area contributed by atoms with E-state index in [1.54, 1.807) is 37.3 Å². The van der Waals surface area contributed by atoms with E-state index in [4.69, 9.17) is 4.74 Å². The predicted octanol–water partition coefficient (Wildman–Crippen LogP) is 3.09. The van der Waals surface area contributed by atoms with Crippen LogP contribution >= 0.6 is 0 Å². The third kappa shape index (κ3) is 2.50. The average Bonchev–Trinajstić information content (AvgIpc) is 2.64. The van der Waals surface area contributed by atoms with Crippen LogP contribution in [-0.4, -0.2) is 22.8 Å². The van der Waals surface area contributed by atoms with Crippen LogP contribution in [0.4, 0.5) is 0 Å². The number of carboxylic acid groups (broad SMARTS) is 1. The standard InChI is InChI=1S/C20H16N2O4/c1-11-13(5-4-6-14(11)20(24)25)18-16-9-12(26-3)7-8-15(16)19(23)22(2)17(18)10-21/h4-9H,1-3H3,(H,24,25). The Bertz CT molecular complexity index is 1150. The normalized spacial score (nSPS) is 10.5. The summed E-state index contributed by atoms with van der Waals surface area (Å²) < 4.78 is 6.55. The van der Waals surface area contributed by atoms with Crippen molar-refractivity contribution in [3.63, 3.8) is 0 Å². The number of carboxylic acids is 1. The lowest BCUT2D eigenvalue weighted by Gasteiger charge is -2.16. The molecule has 0 amide bonds. The molecule has 0 bridgehead atoms. The van der Waals surface area contributed by atoms with Crippen LogP contribution in [0.5, 0.6) is 5.75 Å². The summed E-state index contributed by atoms with van der Waals surface area (Å²) in [6, 6.07) is 12.0. The number of hydrogen-bond acceptors (Lipinski definition) is 4. The lowest BCUT2D eigenvalue weighted by molar-refractivity contribution is 0.0696. The van der Waals surface area contributed by atoms with Crippen molar-refractivity contribution in [1.82, 2.24) is 4.57 Å². The summed E-state index contributed by atoms with van der Waals surface area (Å²) >= 11 is 0. The van der Waals surface area contributed by atoms with E-state index in [-0.39, 0.29) is 16.8 Å². The molecular formula is C20H16N2O4. The molecule has 0 radical (unpaired) electrons. The van der Waals surface area contributed by atoms with Crippen molar-refractivity contribution >= 4 is 16.7 Å². The zero-order chi connectivity index (χ0) is 19.0. The first-order valence-corrected chi connectivity index (χ1v) is 7.84. The molecule has 0 saturated heterocycles. The molecule has 1 aromatic heterocycles. The second-order valence-corrected chi connectivity index (χ2v) is 5.89. The third-order valence-corrected chi connectivity index (χ3v) is 4.54. The Morgan fingerprint density at radius 3 is 2.58 bits per heavy atom. The highest BCUT2D eigenvalue weighted by Gasteiger charge is 2.20. The fraction of sp³-hybridized carbons (Fsp3) is 0.150. The van der Waals surface area contributed by atoms with Crippen LogP contribution in [0.25, 0.3) is 21.9 Å². The van der Waals surface area contributed by atoms with Crippen molar-refractivity contribution in [2.75, 3.05) is 7.11 Å². The molecule has 3 aromatic rings. The molecule has 2 aromatic carbocycles. The van der Waals surface area contributed by atoms with Crippen molar-refractivity contribution in [3.05, 3.63) is 63.6 Å². The molecule has 130 valence electrons. The van der Waals surface area contributed by atoms with Crippen LogP contribution in [0.1, 0.15) is 21.6 Å². The number of carbonyl (C=O) groups is 1. The number of benzene rings is 2. The highest BCUT2D eigenvalue weighted by Crippen LogP contribution is 2.35. The van der Waals surface area contributed by atoms with Crippen LogP contribution in [0.15, 0.2) is 41.2 Å². The minimum atomic E-state index is -1.05. The molecule has 0 aliphatic heterocycles. The number of nitrogens with zero attached hydrogens (tertiary/aromatic N) is 2. The SMILES string of the molecule is COc1ccc2c(=O)n(C)c(C#N)c(-c3cccc(C(=O)O)c3C)c2c1. The second kappa shape index (κ2) is 6.37. The van der Waals surface area contributed by atoms with E-state index < -0.39 is 5.97 Å². The van der Waals surface area contributed by atoms with Gasteiger partial charge in [-0.05, 0) is 42.3 Å². The number of rotatable bonds is 3. The first kappa shape index (κ1) is 17.2. The molecule has 0 fully saturated rings. The quantitative estimate of drug-likeness (QED) is 0.785. The summed E-state index contributed by atoms with van der Waals surface area (Å²) in [5.41, 5.74) is 1.66. The first-order chi connectivity index (χ1) is 12.4. The van der Waals surface area contributed by atoms with Crippen LogP contribution in [0.3, 0.4) is 0 Å². The fourth-order valence-corrected chi connectivity index (χ4v) is 3.16. The smallest absolute Gasteiger partial charge is 0.335 e. The van der Waals surface area contributed by atoms with Gasteiger partial charge in [-0.1, -0.05) is 12.1 Å². The van der Waals surface area contributed by atoms with Crippen molar-refractivity contribution in [2.45, 2.75) is 6.92 Å². The van der Waals surface area contributed by atoms with Crippen molar-refractivity contribution in [3.8, 4) is 22.9 Å². The highest BCUT2D eigenvalue weighted by atomic mass is 16.5. The van der Waals surface area contributed by atoms with Crippen molar-refractivity contribution in [1.29, 1.82) is 5.26 Å². The predicted molar refractivity (Wildman–Crippen MR) is 97.6 cm³/mol. The molecule has 6 heteroatoms. The first-order valence-electron chi connectivity index (χ1n) is 7.84. The van der Waals surface area contributed by atoms with E-state index in [1.165, 1.54) is 24.8 Å². The summed E-state index contributed by atoms with van der Waals surface area (Å²) in [7, 11) is 3.05. The Kier molecular flexibility index (Phi) is 4.23. The molecule has 6 nitrogen and oxygen atoms in total. The number of ether oxygens (including phenoxy) is 1. The van der Waals surface area contributed by atoms with Crippen LogP contribution in [0.2, 0.25) is 0 Å². The Labute approximate surface area is 149 Å². The molecule has 0 aliphatic rings. The lowest BCUT2D eigenvalue weighted by Crippen LogP contribution is -2.21. The Morgan fingerprint density at radius 1 is 1.23 bits per heavy atom. The molecule has 1 heterocycles. The highest BCUT2D eigenvalue weighted by molar-refractivity contribution is 6.01. The van der Waals surface area contributed by atoms with Crippen LogP contribution in [0, 0.1) is 18.3 Å². The van der Waals surface area contributed by atoms with Crippen molar-refractivity contribution in [2.24, 2.45) is 7.05 Å². The zero-order valence-electron chi connectivity index (χ0n) is 14.5. The zero-order valence-corrected chi connectivity index (χ0v) is 14.5. The Hall–Kier alpha value is -3.59. The topological polar surface area (TPSA) is 92.3 Å². The van der Waals surface area contributed by atoms with Gasteiger partial charge in [-0.15, -0.1) is 0 Å².